The lowest BCUT2D eigenvalue weighted by Crippen LogP contribution is -2.27. The van der Waals surface area contributed by atoms with Crippen molar-refractivity contribution in [2.75, 3.05) is 26.2 Å². The van der Waals surface area contributed by atoms with E-state index < -0.39 is 17.8 Å². The van der Waals surface area contributed by atoms with E-state index in [0.29, 0.717) is 5.69 Å². The van der Waals surface area contributed by atoms with Gasteiger partial charge in [-0.3, -0.25) is 0 Å². The van der Waals surface area contributed by atoms with Crippen molar-refractivity contribution in [1.29, 1.82) is 0 Å². The van der Waals surface area contributed by atoms with Crippen molar-refractivity contribution >= 4 is 17.6 Å². The van der Waals surface area contributed by atoms with Gasteiger partial charge in [0.2, 0.25) is 0 Å². The molecular weight excluding hydrogens is 317 g/mol. The minimum Gasteiger partial charge on any atom is -0.494 e. The monoisotopic (exact) mass is 333 g/mol. The van der Waals surface area contributed by atoms with Crippen molar-refractivity contribution in [1.82, 2.24) is 0 Å². The van der Waals surface area contributed by atoms with Crippen LogP contribution in [0.15, 0.2) is 53.9 Å². The van der Waals surface area contributed by atoms with E-state index in [2.05, 4.69) is 0 Å². The Balaban J connectivity index is 2.65. The number of carbonyl (C=O) groups is 2. The second kappa shape index (κ2) is 7.45. The number of hydrogen-bond donors (Lipinski definition) is 0. The number of halogens is 1. The summed E-state index contributed by atoms with van der Waals surface area (Å²) in [6.45, 7) is 0. The summed E-state index contributed by atoms with van der Waals surface area (Å²) >= 11 is 0. The van der Waals surface area contributed by atoms with Crippen LogP contribution in [-0.2, 0) is 19.1 Å². The van der Waals surface area contributed by atoms with Gasteiger partial charge in [-0.05, 0) is 24.3 Å². The van der Waals surface area contributed by atoms with E-state index in [-0.39, 0.29) is 17.0 Å². The van der Waals surface area contributed by atoms with E-state index >= 15 is 0 Å². The fourth-order valence-corrected chi connectivity index (χ4v) is 2.16. The van der Waals surface area contributed by atoms with E-state index in [1.54, 1.807) is 18.4 Å². The van der Waals surface area contributed by atoms with Gasteiger partial charge in [-0.2, -0.15) is 0 Å². The van der Waals surface area contributed by atoms with Crippen LogP contribution in [0.4, 0.5) is 10.1 Å². The van der Waals surface area contributed by atoms with Gasteiger partial charge in [0.25, 0.3) is 0 Å². The summed E-state index contributed by atoms with van der Waals surface area (Å²) in [6.07, 6.45) is 6.19. The van der Waals surface area contributed by atoms with Crippen LogP contribution in [0.3, 0.4) is 0 Å². The fourth-order valence-electron chi connectivity index (χ4n) is 2.16. The Morgan fingerprint density at radius 2 is 1.75 bits per heavy atom. The Morgan fingerprint density at radius 3 is 2.38 bits per heavy atom. The van der Waals surface area contributed by atoms with Gasteiger partial charge in [0, 0.05) is 18.0 Å². The summed E-state index contributed by atoms with van der Waals surface area (Å²) in [5, 5.41) is 0. The zero-order valence-electron chi connectivity index (χ0n) is 13.4. The lowest BCUT2D eigenvalue weighted by molar-refractivity contribution is -0.139. The molecule has 0 aliphatic carbocycles. The first-order valence-corrected chi connectivity index (χ1v) is 6.92. The lowest BCUT2D eigenvalue weighted by Gasteiger charge is -2.23. The number of anilines is 1. The highest BCUT2D eigenvalue weighted by atomic mass is 19.1. The van der Waals surface area contributed by atoms with Crippen LogP contribution in [0.25, 0.3) is 0 Å². The highest BCUT2D eigenvalue weighted by Gasteiger charge is 2.27. The highest BCUT2D eigenvalue weighted by molar-refractivity contribution is 6.05. The maximum Gasteiger partial charge on any atom is 0.355 e. The minimum absolute atomic E-state index is 0.00180. The molecule has 0 atom stereocenters. The van der Waals surface area contributed by atoms with Gasteiger partial charge in [-0.1, -0.05) is 6.08 Å². The normalized spacial score (nSPS) is 13.6. The third kappa shape index (κ3) is 3.29. The Kier molecular flexibility index (Phi) is 5.36. The maximum atomic E-state index is 13.6. The van der Waals surface area contributed by atoms with Gasteiger partial charge in [0.05, 0.1) is 26.9 Å². The first-order chi connectivity index (χ1) is 11.5. The van der Waals surface area contributed by atoms with E-state index in [0.717, 1.165) is 0 Å². The molecule has 1 aliphatic heterocycles. The second-order valence-corrected chi connectivity index (χ2v) is 4.63. The molecule has 0 unspecified atom stereocenters. The number of esters is 2. The third-order valence-electron chi connectivity index (χ3n) is 3.30. The molecule has 24 heavy (non-hydrogen) atoms. The summed E-state index contributed by atoms with van der Waals surface area (Å²) in [7, 11) is 3.74. The summed E-state index contributed by atoms with van der Waals surface area (Å²) in [5.74, 6) is -1.98. The molecular formula is C17H16FNO5. The molecule has 0 fully saturated rings. The summed E-state index contributed by atoms with van der Waals surface area (Å²) in [6, 6.07) is 4.06. The molecule has 0 radical (unpaired) electrons. The number of ether oxygens (including phenoxy) is 3. The molecule has 7 heteroatoms. The van der Waals surface area contributed by atoms with Crippen LogP contribution in [0, 0.1) is 5.82 Å². The number of nitrogens with zero attached hydrogens (tertiary/aromatic N) is 1. The zero-order chi connectivity index (χ0) is 17.7. The SMILES string of the molecule is COC(=O)C1=C(C(=O)OC)N(c2ccc(F)c(OC)c2)C=CC=C1. The van der Waals surface area contributed by atoms with Crippen molar-refractivity contribution in [3.8, 4) is 5.75 Å². The molecule has 0 saturated heterocycles. The smallest absolute Gasteiger partial charge is 0.355 e. The number of allylic oxidation sites excluding steroid dienone is 2. The van der Waals surface area contributed by atoms with Crippen LogP contribution in [0.1, 0.15) is 0 Å². The maximum absolute atomic E-state index is 13.6. The number of hydrogen-bond acceptors (Lipinski definition) is 6. The number of carbonyl (C=O) groups excluding carboxylic acids is 2. The van der Waals surface area contributed by atoms with Gasteiger partial charge < -0.3 is 19.1 Å². The molecule has 0 bridgehead atoms. The lowest BCUT2D eigenvalue weighted by atomic mass is 10.1. The van der Waals surface area contributed by atoms with E-state index in [1.165, 1.54) is 50.5 Å². The van der Waals surface area contributed by atoms with Crippen molar-refractivity contribution in [2.45, 2.75) is 0 Å². The summed E-state index contributed by atoms with van der Waals surface area (Å²) < 4.78 is 28.1. The van der Waals surface area contributed by atoms with Gasteiger partial charge in [0.1, 0.15) is 5.70 Å². The zero-order valence-corrected chi connectivity index (χ0v) is 13.4. The predicted octanol–water partition coefficient (Wildman–Crippen LogP) is 2.32. The molecule has 1 aromatic rings. The Hall–Kier alpha value is -3.09. The molecule has 1 aromatic carbocycles. The molecule has 0 amide bonds. The van der Waals surface area contributed by atoms with Crippen molar-refractivity contribution in [3.05, 3.63) is 59.7 Å². The molecule has 1 aliphatic rings. The van der Waals surface area contributed by atoms with Crippen LogP contribution in [0.5, 0.6) is 5.75 Å². The van der Waals surface area contributed by atoms with Gasteiger partial charge in [-0.25, -0.2) is 14.0 Å². The summed E-state index contributed by atoms with van der Waals surface area (Å²) in [5.41, 5.74) is 0.371. The van der Waals surface area contributed by atoms with Crippen molar-refractivity contribution in [3.63, 3.8) is 0 Å². The van der Waals surface area contributed by atoms with Gasteiger partial charge >= 0.3 is 11.9 Å². The molecule has 0 spiro atoms. The first-order valence-electron chi connectivity index (χ1n) is 6.92. The predicted molar refractivity (Wildman–Crippen MR) is 84.8 cm³/mol. The number of benzene rings is 1. The molecule has 1 heterocycles. The highest BCUT2D eigenvalue weighted by Crippen LogP contribution is 2.30. The average molecular weight is 333 g/mol. The number of methoxy groups -OCH3 is 3. The van der Waals surface area contributed by atoms with Gasteiger partial charge in [0.15, 0.2) is 11.6 Å². The number of rotatable bonds is 4. The van der Waals surface area contributed by atoms with E-state index in [9.17, 15) is 14.0 Å². The van der Waals surface area contributed by atoms with E-state index in [4.69, 9.17) is 14.2 Å². The van der Waals surface area contributed by atoms with E-state index in [1.807, 2.05) is 0 Å². The Bertz CT molecular complexity index is 751. The summed E-state index contributed by atoms with van der Waals surface area (Å²) in [4.78, 5) is 25.7. The van der Waals surface area contributed by atoms with Crippen LogP contribution >= 0.6 is 0 Å². The van der Waals surface area contributed by atoms with Crippen molar-refractivity contribution in [2.24, 2.45) is 0 Å². The van der Waals surface area contributed by atoms with Crippen LogP contribution < -0.4 is 9.64 Å². The van der Waals surface area contributed by atoms with Gasteiger partial charge in [-0.15, -0.1) is 0 Å². The second-order valence-electron chi connectivity index (χ2n) is 4.63. The standard InChI is InChI=1S/C17H16FNO5/c1-22-14-10-11(7-8-13(14)18)19-9-5-4-6-12(16(20)23-2)15(19)17(21)24-3/h4-10H,1-3H3. The third-order valence-corrected chi connectivity index (χ3v) is 3.30. The minimum atomic E-state index is -0.741. The largest absolute Gasteiger partial charge is 0.494 e. The topological polar surface area (TPSA) is 65.1 Å². The van der Waals surface area contributed by atoms with Crippen LogP contribution in [-0.4, -0.2) is 33.3 Å². The molecule has 2 rings (SSSR count). The average Bonchev–Trinajstić information content (AvgIpc) is 2.83. The molecule has 126 valence electrons. The van der Waals surface area contributed by atoms with Crippen LogP contribution in [0.2, 0.25) is 0 Å². The fraction of sp³-hybridized carbons (Fsp3) is 0.176. The Labute approximate surface area is 138 Å². The van der Waals surface area contributed by atoms with Crippen molar-refractivity contribution < 1.29 is 28.2 Å². The quantitative estimate of drug-likeness (QED) is 0.788. The molecule has 0 N–H and O–H groups in total. The molecule has 0 saturated carbocycles. The Morgan fingerprint density at radius 1 is 1.04 bits per heavy atom. The molecule has 6 nitrogen and oxygen atoms in total. The molecule has 0 aromatic heterocycles. The first kappa shape index (κ1) is 17.3.